The van der Waals surface area contributed by atoms with Crippen molar-refractivity contribution in [2.75, 3.05) is 19.6 Å². The average molecular weight is 198 g/mol. The third-order valence-corrected chi connectivity index (χ3v) is 2.63. The quantitative estimate of drug-likeness (QED) is 0.646. The molecule has 0 radical (unpaired) electrons. The summed E-state index contributed by atoms with van der Waals surface area (Å²) in [5.41, 5.74) is 6.18. The lowest BCUT2D eigenvalue weighted by atomic mass is 10.1. The second-order valence-electron chi connectivity index (χ2n) is 3.83. The van der Waals surface area contributed by atoms with Crippen molar-refractivity contribution in [1.82, 2.24) is 4.90 Å². The van der Waals surface area contributed by atoms with Crippen molar-refractivity contribution in [2.24, 2.45) is 5.73 Å². The van der Waals surface area contributed by atoms with E-state index in [1.807, 2.05) is 0 Å². The molecule has 80 valence electrons. The minimum atomic E-state index is -0.835. The molecule has 1 aliphatic rings. The molecule has 0 bridgehead atoms. The summed E-state index contributed by atoms with van der Waals surface area (Å²) in [4.78, 5) is 12.7. The van der Waals surface area contributed by atoms with E-state index in [0.717, 1.165) is 32.5 Å². The Hall–Kier alpha value is -0.870. The van der Waals surface area contributed by atoms with E-state index in [2.05, 4.69) is 4.90 Å². The minimum absolute atomic E-state index is 0.329. The van der Waals surface area contributed by atoms with Crippen LogP contribution in [0.3, 0.4) is 0 Å². The zero-order valence-corrected chi connectivity index (χ0v) is 8.57. The Bertz CT molecular complexity index is 230. The van der Waals surface area contributed by atoms with Gasteiger partial charge in [-0.05, 0) is 32.9 Å². The van der Waals surface area contributed by atoms with Crippen molar-refractivity contribution in [2.45, 2.75) is 25.8 Å². The number of hydrogen-bond acceptors (Lipinski definition) is 3. The number of nitrogens with zero attached hydrogens (tertiary/aromatic N) is 1. The van der Waals surface area contributed by atoms with E-state index >= 15 is 0 Å². The normalized spacial score (nSPS) is 21.1. The Morgan fingerprint density at radius 1 is 1.57 bits per heavy atom. The van der Waals surface area contributed by atoms with Crippen LogP contribution in [0.4, 0.5) is 0 Å². The largest absolute Gasteiger partial charge is 0.478 e. The van der Waals surface area contributed by atoms with Gasteiger partial charge in [-0.2, -0.15) is 0 Å². The molecule has 4 nitrogen and oxygen atoms in total. The summed E-state index contributed by atoms with van der Waals surface area (Å²) in [6, 6.07) is 0.329. The van der Waals surface area contributed by atoms with E-state index in [1.54, 1.807) is 13.0 Å². The Morgan fingerprint density at radius 3 is 2.64 bits per heavy atom. The van der Waals surface area contributed by atoms with Crippen molar-refractivity contribution in [3.05, 3.63) is 11.6 Å². The van der Waals surface area contributed by atoms with Crippen LogP contribution in [0.5, 0.6) is 0 Å². The third-order valence-electron chi connectivity index (χ3n) is 2.63. The van der Waals surface area contributed by atoms with Crippen molar-refractivity contribution in [3.8, 4) is 0 Å². The molecule has 0 atom stereocenters. The Kier molecular flexibility index (Phi) is 4.10. The van der Waals surface area contributed by atoms with E-state index < -0.39 is 5.97 Å². The lowest BCUT2D eigenvalue weighted by Crippen LogP contribution is -2.39. The number of rotatable bonds is 3. The van der Waals surface area contributed by atoms with Gasteiger partial charge in [0.1, 0.15) is 0 Å². The molecular weight excluding hydrogens is 180 g/mol. The number of piperidine rings is 1. The molecule has 1 aliphatic heterocycles. The summed E-state index contributed by atoms with van der Waals surface area (Å²) < 4.78 is 0. The molecular formula is C10H18N2O2. The molecule has 0 aliphatic carbocycles. The molecule has 1 saturated heterocycles. The summed E-state index contributed by atoms with van der Waals surface area (Å²) in [6.45, 7) is 4.30. The van der Waals surface area contributed by atoms with Crippen LogP contribution in [0, 0.1) is 0 Å². The monoisotopic (exact) mass is 198 g/mol. The van der Waals surface area contributed by atoms with Crippen LogP contribution in [-0.4, -0.2) is 41.7 Å². The summed E-state index contributed by atoms with van der Waals surface area (Å²) in [7, 11) is 0. The van der Waals surface area contributed by atoms with Crippen LogP contribution < -0.4 is 5.73 Å². The Morgan fingerprint density at radius 2 is 2.14 bits per heavy atom. The predicted molar refractivity (Wildman–Crippen MR) is 55.0 cm³/mol. The smallest absolute Gasteiger partial charge is 0.330 e. The highest BCUT2D eigenvalue weighted by Crippen LogP contribution is 2.08. The van der Waals surface area contributed by atoms with Gasteiger partial charge < -0.3 is 10.8 Å². The highest BCUT2D eigenvalue weighted by atomic mass is 16.4. The fraction of sp³-hybridized carbons (Fsp3) is 0.700. The van der Waals surface area contributed by atoms with Crippen LogP contribution in [0.25, 0.3) is 0 Å². The van der Waals surface area contributed by atoms with E-state index in [1.165, 1.54) is 0 Å². The fourth-order valence-corrected chi connectivity index (χ4v) is 1.49. The number of carbonyl (C=O) groups is 1. The summed E-state index contributed by atoms with van der Waals surface area (Å²) in [6.07, 6.45) is 3.79. The molecule has 0 amide bonds. The minimum Gasteiger partial charge on any atom is -0.478 e. The van der Waals surface area contributed by atoms with Gasteiger partial charge in [0.2, 0.25) is 0 Å². The van der Waals surface area contributed by atoms with E-state index in [9.17, 15) is 4.79 Å². The van der Waals surface area contributed by atoms with Gasteiger partial charge in [0.25, 0.3) is 0 Å². The number of nitrogens with two attached hydrogens (primary N) is 1. The lowest BCUT2D eigenvalue weighted by Gasteiger charge is -2.29. The first-order valence-electron chi connectivity index (χ1n) is 4.97. The van der Waals surface area contributed by atoms with E-state index in [0.29, 0.717) is 11.6 Å². The van der Waals surface area contributed by atoms with Gasteiger partial charge in [-0.1, -0.05) is 6.08 Å². The first kappa shape index (κ1) is 11.2. The highest BCUT2D eigenvalue weighted by Gasteiger charge is 2.14. The molecule has 0 saturated carbocycles. The number of carboxylic acid groups (broad SMARTS) is 1. The van der Waals surface area contributed by atoms with Gasteiger partial charge in [-0.25, -0.2) is 4.79 Å². The van der Waals surface area contributed by atoms with E-state index in [-0.39, 0.29) is 0 Å². The van der Waals surface area contributed by atoms with Gasteiger partial charge in [-0.15, -0.1) is 0 Å². The number of aliphatic carboxylic acids is 1. The Balaban J connectivity index is 2.32. The molecule has 4 heteroatoms. The fourth-order valence-electron chi connectivity index (χ4n) is 1.49. The molecule has 14 heavy (non-hydrogen) atoms. The van der Waals surface area contributed by atoms with Crippen LogP contribution >= 0.6 is 0 Å². The molecule has 0 aromatic heterocycles. The van der Waals surface area contributed by atoms with Crippen molar-refractivity contribution < 1.29 is 9.90 Å². The summed E-state index contributed by atoms with van der Waals surface area (Å²) in [5, 5.41) is 8.65. The Labute approximate surface area is 84.4 Å². The SMILES string of the molecule is CC(=CCN1CCC(N)CC1)C(=O)O. The maximum atomic E-state index is 10.5. The molecule has 0 spiro atoms. The van der Waals surface area contributed by atoms with Crippen LogP contribution in [-0.2, 0) is 4.79 Å². The van der Waals surface area contributed by atoms with Gasteiger partial charge >= 0.3 is 5.97 Å². The maximum Gasteiger partial charge on any atom is 0.330 e. The van der Waals surface area contributed by atoms with E-state index in [4.69, 9.17) is 10.8 Å². The summed E-state index contributed by atoms with van der Waals surface area (Å²) in [5.74, 6) is -0.835. The number of carboxylic acids is 1. The van der Waals surface area contributed by atoms with Crippen molar-refractivity contribution >= 4 is 5.97 Å². The molecule has 1 heterocycles. The molecule has 0 aromatic rings. The number of hydrogen-bond donors (Lipinski definition) is 2. The standard InChI is InChI=1S/C10H18N2O2/c1-8(10(13)14)2-5-12-6-3-9(11)4-7-12/h2,9H,3-7,11H2,1H3,(H,13,14). The topological polar surface area (TPSA) is 66.6 Å². The molecule has 0 unspecified atom stereocenters. The second-order valence-corrected chi connectivity index (χ2v) is 3.83. The predicted octanol–water partition coefficient (Wildman–Crippen LogP) is 0.440. The van der Waals surface area contributed by atoms with Gasteiger partial charge in [0, 0.05) is 18.2 Å². The highest BCUT2D eigenvalue weighted by molar-refractivity contribution is 5.85. The lowest BCUT2D eigenvalue weighted by molar-refractivity contribution is -0.132. The maximum absolute atomic E-state index is 10.5. The first-order chi connectivity index (χ1) is 6.59. The van der Waals surface area contributed by atoms with Crippen LogP contribution in [0.2, 0.25) is 0 Å². The molecule has 0 aromatic carbocycles. The van der Waals surface area contributed by atoms with Crippen LogP contribution in [0.15, 0.2) is 11.6 Å². The zero-order valence-electron chi connectivity index (χ0n) is 8.57. The molecule has 1 fully saturated rings. The third kappa shape index (κ3) is 3.47. The zero-order chi connectivity index (χ0) is 10.6. The van der Waals surface area contributed by atoms with Gasteiger partial charge in [0.15, 0.2) is 0 Å². The van der Waals surface area contributed by atoms with Crippen LogP contribution in [0.1, 0.15) is 19.8 Å². The number of likely N-dealkylation sites (tertiary alicyclic amines) is 1. The second kappa shape index (κ2) is 5.12. The average Bonchev–Trinajstić information content (AvgIpc) is 2.16. The first-order valence-corrected chi connectivity index (χ1v) is 4.97. The van der Waals surface area contributed by atoms with Gasteiger partial charge in [0.05, 0.1) is 0 Å². The van der Waals surface area contributed by atoms with Crippen molar-refractivity contribution in [1.29, 1.82) is 0 Å². The molecule has 1 rings (SSSR count). The van der Waals surface area contributed by atoms with Crippen molar-refractivity contribution in [3.63, 3.8) is 0 Å². The van der Waals surface area contributed by atoms with Gasteiger partial charge in [-0.3, -0.25) is 4.90 Å². The summed E-state index contributed by atoms with van der Waals surface area (Å²) >= 11 is 0. The molecule has 3 N–H and O–H groups in total.